The zero-order valence-corrected chi connectivity index (χ0v) is 9.22. The highest BCUT2D eigenvalue weighted by atomic mass is 16.5. The van der Waals surface area contributed by atoms with Crippen LogP contribution in [0.25, 0.3) is 0 Å². The molecule has 2 rings (SSSR count). The summed E-state index contributed by atoms with van der Waals surface area (Å²) in [6, 6.07) is 0. The van der Waals surface area contributed by atoms with Crippen molar-refractivity contribution < 1.29 is 9.53 Å². The van der Waals surface area contributed by atoms with E-state index in [2.05, 4.69) is 26.1 Å². The number of carbonyl (C=O) groups excluding carboxylic acids is 1. The molecule has 2 fully saturated rings. The Morgan fingerprint density at radius 2 is 2.14 bits per heavy atom. The van der Waals surface area contributed by atoms with E-state index in [4.69, 9.17) is 4.74 Å². The topological polar surface area (TPSA) is 38.3 Å². The van der Waals surface area contributed by atoms with Crippen LogP contribution in [0.5, 0.6) is 0 Å². The number of ether oxygens (including phenoxy) is 1. The molecule has 2 saturated heterocycles. The van der Waals surface area contributed by atoms with Gasteiger partial charge < -0.3 is 10.1 Å². The zero-order valence-electron chi connectivity index (χ0n) is 9.22. The molecule has 1 unspecified atom stereocenters. The van der Waals surface area contributed by atoms with Crippen LogP contribution < -0.4 is 5.32 Å². The molecule has 1 spiro atoms. The van der Waals surface area contributed by atoms with Crippen LogP contribution in [-0.2, 0) is 9.53 Å². The van der Waals surface area contributed by atoms with Crippen molar-refractivity contribution in [1.82, 2.24) is 5.32 Å². The SMILES string of the molecule is CC(C)(C)CC1CC2(COC2)NC1=O. The zero-order chi connectivity index (χ0) is 10.4. The molecule has 1 N–H and O–H groups in total. The van der Waals surface area contributed by atoms with Crippen molar-refractivity contribution >= 4 is 5.91 Å². The number of nitrogens with one attached hydrogen (secondary N) is 1. The van der Waals surface area contributed by atoms with E-state index in [-0.39, 0.29) is 22.8 Å². The van der Waals surface area contributed by atoms with Gasteiger partial charge in [-0.25, -0.2) is 0 Å². The fourth-order valence-electron chi connectivity index (χ4n) is 2.42. The van der Waals surface area contributed by atoms with E-state index in [0.29, 0.717) is 13.2 Å². The van der Waals surface area contributed by atoms with Crippen LogP contribution in [0, 0.1) is 11.3 Å². The lowest BCUT2D eigenvalue weighted by Crippen LogP contribution is -2.57. The molecule has 80 valence electrons. The van der Waals surface area contributed by atoms with Gasteiger partial charge in [0.2, 0.25) is 5.91 Å². The van der Waals surface area contributed by atoms with Gasteiger partial charge in [0.05, 0.1) is 18.8 Å². The van der Waals surface area contributed by atoms with Crippen LogP contribution in [0.2, 0.25) is 0 Å². The Labute approximate surface area is 85.2 Å². The molecule has 1 atom stereocenters. The fourth-order valence-corrected chi connectivity index (χ4v) is 2.42. The molecule has 3 nitrogen and oxygen atoms in total. The van der Waals surface area contributed by atoms with Gasteiger partial charge in [-0.2, -0.15) is 0 Å². The van der Waals surface area contributed by atoms with Crippen LogP contribution in [0.1, 0.15) is 33.6 Å². The minimum Gasteiger partial charge on any atom is -0.376 e. The van der Waals surface area contributed by atoms with Crippen LogP contribution in [0.15, 0.2) is 0 Å². The van der Waals surface area contributed by atoms with Crippen LogP contribution in [0.3, 0.4) is 0 Å². The summed E-state index contributed by atoms with van der Waals surface area (Å²) in [6.45, 7) is 7.96. The average Bonchev–Trinajstić information content (AvgIpc) is 2.24. The van der Waals surface area contributed by atoms with Crippen LogP contribution >= 0.6 is 0 Å². The maximum atomic E-state index is 11.7. The van der Waals surface area contributed by atoms with Gasteiger partial charge in [-0.3, -0.25) is 4.79 Å². The second kappa shape index (κ2) is 2.96. The van der Waals surface area contributed by atoms with Gasteiger partial charge in [0.1, 0.15) is 0 Å². The van der Waals surface area contributed by atoms with Crippen molar-refractivity contribution in [1.29, 1.82) is 0 Å². The summed E-state index contributed by atoms with van der Waals surface area (Å²) < 4.78 is 5.17. The molecule has 0 radical (unpaired) electrons. The van der Waals surface area contributed by atoms with E-state index in [1.54, 1.807) is 0 Å². The third-order valence-corrected chi connectivity index (χ3v) is 3.01. The summed E-state index contributed by atoms with van der Waals surface area (Å²) in [5.74, 6) is 0.419. The molecule has 0 bridgehead atoms. The second-order valence-corrected chi connectivity index (χ2v) is 5.93. The standard InChI is InChI=1S/C11H19NO2/c1-10(2,3)4-8-5-11(6-14-7-11)12-9(8)13/h8H,4-7H2,1-3H3,(H,12,13). The third kappa shape index (κ3) is 1.78. The van der Waals surface area contributed by atoms with E-state index in [9.17, 15) is 4.79 Å². The van der Waals surface area contributed by atoms with Gasteiger partial charge in [0.15, 0.2) is 0 Å². The Kier molecular flexibility index (Phi) is 2.11. The molecule has 2 aliphatic heterocycles. The van der Waals surface area contributed by atoms with E-state index in [1.165, 1.54) is 0 Å². The van der Waals surface area contributed by atoms with Crippen molar-refractivity contribution in [3.63, 3.8) is 0 Å². The Bertz CT molecular complexity index is 251. The maximum Gasteiger partial charge on any atom is 0.223 e. The number of hydrogen-bond acceptors (Lipinski definition) is 2. The summed E-state index contributed by atoms with van der Waals surface area (Å²) >= 11 is 0. The number of carbonyl (C=O) groups is 1. The highest BCUT2D eigenvalue weighted by Crippen LogP contribution is 2.37. The summed E-state index contributed by atoms with van der Waals surface area (Å²) in [5.41, 5.74) is 0.241. The molecule has 0 aromatic carbocycles. The van der Waals surface area contributed by atoms with Crippen molar-refractivity contribution in [2.45, 2.75) is 39.2 Å². The fraction of sp³-hybridized carbons (Fsp3) is 0.909. The minimum atomic E-state index is 0.00694. The number of amides is 1. The van der Waals surface area contributed by atoms with Gasteiger partial charge in [-0.05, 0) is 18.3 Å². The van der Waals surface area contributed by atoms with Crippen LogP contribution in [-0.4, -0.2) is 24.7 Å². The van der Waals surface area contributed by atoms with Crippen molar-refractivity contribution in [3.05, 3.63) is 0 Å². The summed E-state index contributed by atoms with van der Waals surface area (Å²) in [5, 5.41) is 3.08. The normalized spacial score (nSPS) is 30.2. The van der Waals surface area contributed by atoms with Crippen molar-refractivity contribution in [2.75, 3.05) is 13.2 Å². The van der Waals surface area contributed by atoms with E-state index in [1.807, 2.05) is 0 Å². The molecule has 14 heavy (non-hydrogen) atoms. The molecule has 0 saturated carbocycles. The third-order valence-electron chi connectivity index (χ3n) is 3.01. The lowest BCUT2D eigenvalue weighted by Gasteiger charge is -2.37. The average molecular weight is 197 g/mol. The molecule has 0 aromatic rings. The van der Waals surface area contributed by atoms with E-state index in [0.717, 1.165) is 12.8 Å². The van der Waals surface area contributed by atoms with Crippen LogP contribution in [0.4, 0.5) is 0 Å². The summed E-state index contributed by atoms with van der Waals surface area (Å²) in [4.78, 5) is 11.7. The Morgan fingerprint density at radius 3 is 2.50 bits per heavy atom. The molecular weight excluding hydrogens is 178 g/mol. The molecule has 0 aromatic heterocycles. The minimum absolute atomic E-state index is 0.00694. The summed E-state index contributed by atoms with van der Waals surface area (Å²) in [7, 11) is 0. The first-order valence-corrected chi connectivity index (χ1v) is 5.30. The Balaban J connectivity index is 1.98. The van der Waals surface area contributed by atoms with Gasteiger partial charge in [0, 0.05) is 5.92 Å². The molecule has 0 aliphatic carbocycles. The first kappa shape index (κ1) is 9.97. The van der Waals surface area contributed by atoms with Gasteiger partial charge in [-0.15, -0.1) is 0 Å². The lowest BCUT2D eigenvalue weighted by atomic mass is 9.81. The highest BCUT2D eigenvalue weighted by Gasteiger charge is 2.49. The number of rotatable bonds is 1. The highest BCUT2D eigenvalue weighted by molar-refractivity contribution is 5.82. The largest absolute Gasteiger partial charge is 0.376 e. The van der Waals surface area contributed by atoms with E-state index < -0.39 is 0 Å². The Morgan fingerprint density at radius 1 is 1.50 bits per heavy atom. The maximum absolute atomic E-state index is 11.7. The number of hydrogen-bond donors (Lipinski definition) is 1. The molecule has 3 heteroatoms. The summed E-state index contributed by atoms with van der Waals surface area (Å²) in [6.07, 6.45) is 1.93. The van der Waals surface area contributed by atoms with Crippen molar-refractivity contribution in [2.24, 2.45) is 11.3 Å². The lowest BCUT2D eigenvalue weighted by molar-refractivity contribution is -0.126. The molecule has 2 heterocycles. The monoisotopic (exact) mass is 197 g/mol. The second-order valence-electron chi connectivity index (χ2n) is 5.93. The molecule has 2 aliphatic rings. The first-order chi connectivity index (χ1) is 6.40. The molecule has 1 amide bonds. The predicted molar refractivity (Wildman–Crippen MR) is 53.9 cm³/mol. The van der Waals surface area contributed by atoms with Gasteiger partial charge >= 0.3 is 0 Å². The van der Waals surface area contributed by atoms with E-state index >= 15 is 0 Å². The Hall–Kier alpha value is -0.570. The van der Waals surface area contributed by atoms with Crippen molar-refractivity contribution in [3.8, 4) is 0 Å². The van der Waals surface area contributed by atoms with Gasteiger partial charge in [-0.1, -0.05) is 20.8 Å². The molecular formula is C11H19NO2. The van der Waals surface area contributed by atoms with Gasteiger partial charge in [0.25, 0.3) is 0 Å². The smallest absolute Gasteiger partial charge is 0.223 e. The quantitative estimate of drug-likeness (QED) is 0.688. The predicted octanol–water partition coefficient (Wildman–Crippen LogP) is 1.33. The first-order valence-electron chi connectivity index (χ1n) is 5.30.